The van der Waals surface area contributed by atoms with Crippen LogP contribution in [-0.2, 0) is 11.3 Å². The number of hydrogen-bond donors (Lipinski definition) is 1. The molecule has 1 atom stereocenters. The van der Waals surface area contributed by atoms with Crippen molar-refractivity contribution in [1.82, 2.24) is 10.2 Å². The topological polar surface area (TPSA) is 84.9 Å². The SMILES string of the molecule is CC(C)NC1CCCN(C(=O)OCc2coc(=O)o2)C1. The first-order valence-electron chi connectivity index (χ1n) is 6.80. The van der Waals surface area contributed by atoms with E-state index < -0.39 is 11.9 Å². The molecule has 1 aliphatic heterocycles. The molecule has 0 bridgehead atoms. The number of carbonyl (C=O) groups excluding carboxylic acids is 1. The summed E-state index contributed by atoms with van der Waals surface area (Å²) in [6.45, 7) is 5.39. The first-order valence-corrected chi connectivity index (χ1v) is 6.80. The number of nitrogens with one attached hydrogen (secondary N) is 1. The van der Waals surface area contributed by atoms with Gasteiger partial charge in [0, 0.05) is 25.2 Å². The third-order valence-electron chi connectivity index (χ3n) is 3.09. The van der Waals surface area contributed by atoms with Crippen molar-refractivity contribution in [3.8, 4) is 0 Å². The molecule has 1 saturated heterocycles. The molecule has 1 N–H and O–H groups in total. The Morgan fingerprint density at radius 3 is 3.05 bits per heavy atom. The summed E-state index contributed by atoms with van der Waals surface area (Å²) in [5, 5.41) is 3.42. The lowest BCUT2D eigenvalue weighted by Crippen LogP contribution is -2.49. The lowest BCUT2D eigenvalue weighted by Gasteiger charge is -2.33. The molecule has 20 heavy (non-hydrogen) atoms. The van der Waals surface area contributed by atoms with Crippen LogP contribution in [0.5, 0.6) is 0 Å². The minimum Gasteiger partial charge on any atom is -0.441 e. The van der Waals surface area contributed by atoms with E-state index in [1.807, 2.05) is 0 Å². The predicted molar refractivity (Wildman–Crippen MR) is 70.3 cm³/mol. The lowest BCUT2D eigenvalue weighted by molar-refractivity contribution is 0.0769. The number of likely N-dealkylation sites (tertiary alicyclic amines) is 1. The number of ether oxygens (including phenoxy) is 1. The van der Waals surface area contributed by atoms with Gasteiger partial charge in [-0.3, -0.25) is 0 Å². The van der Waals surface area contributed by atoms with Crippen molar-refractivity contribution < 1.29 is 18.4 Å². The van der Waals surface area contributed by atoms with Crippen molar-refractivity contribution in [2.45, 2.75) is 45.4 Å². The number of hydrogen-bond acceptors (Lipinski definition) is 6. The molecule has 7 heteroatoms. The highest BCUT2D eigenvalue weighted by atomic mass is 16.6. The van der Waals surface area contributed by atoms with Crippen LogP contribution in [0.4, 0.5) is 4.79 Å². The Morgan fingerprint density at radius 1 is 1.60 bits per heavy atom. The van der Waals surface area contributed by atoms with Crippen LogP contribution >= 0.6 is 0 Å². The van der Waals surface area contributed by atoms with Crippen LogP contribution in [0.15, 0.2) is 19.9 Å². The van der Waals surface area contributed by atoms with Crippen LogP contribution in [0.2, 0.25) is 0 Å². The molecule has 2 heterocycles. The van der Waals surface area contributed by atoms with Crippen molar-refractivity contribution in [3.63, 3.8) is 0 Å². The van der Waals surface area contributed by atoms with Crippen molar-refractivity contribution in [3.05, 3.63) is 22.6 Å². The molecule has 2 rings (SSSR count). The summed E-state index contributed by atoms with van der Waals surface area (Å²) in [5.74, 6) is -0.590. The number of nitrogens with zero attached hydrogens (tertiary/aromatic N) is 1. The molecule has 0 aromatic carbocycles. The van der Waals surface area contributed by atoms with Crippen molar-refractivity contribution in [1.29, 1.82) is 0 Å². The van der Waals surface area contributed by atoms with Crippen molar-refractivity contribution >= 4 is 6.09 Å². The van der Waals surface area contributed by atoms with Gasteiger partial charge >= 0.3 is 11.9 Å². The summed E-state index contributed by atoms with van der Waals surface area (Å²) in [5.41, 5.74) is 0. The standard InChI is InChI=1S/C13H20N2O5/c1-9(2)14-10-4-3-5-15(6-10)12(16)18-7-11-8-19-13(17)20-11/h8-10,14H,3-7H2,1-2H3. The summed E-state index contributed by atoms with van der Waals surface area (Å²) >= 11 is 0. The second-order valence-electron chi connectivity index (χ2n) is 5.22. The molecule has 1 amide bonds. The van der Waals surface area contributed by atoms with Gasteiger partial charge in [-0.05, 0) is 12.8 Å². The molecular formula is C13H20N2O5. The monoisotopic (exact) mass is 284 g/mol. The van der Waals surface area contributed by atoms with E-state index >= 15 is 0 Å². The van der Waals surface area contributed by atoms with Gasteiger partial charge in [-0.2, -0.15) is 0 Å². The van der Waals surface area contributed by atoms with Gasteiger partial charge in [0.25, 0.3) is 0 Å². The zero-order valence-corrected chi connectivity index (χ0v) is 11.8. The first-order chi connectivity index (χ1) is 9.54. The van der Waals surface area contributed by atoms with E-state index in [4.69, 9.17) is 4.74 Å². The normalized spacial score (nSPS) is 19.4. The molecule has 1 unspecified atom stereocenters. The third-order valence-corrected chi connectivity index (χ3v) is 3.09. The molecule has 1 aromatic heterocycles. The Labute approximate surface area is 116 Å². The Balaban J connectivity index is 1.81. The highest BCUT2D eigenvalue weighted by molar-refractivity contribution is 5.67. The average molecular weight is 284 g/mol. The van der Waals surface area contributed by atoms with E-state index in [0.717, 1.165) is 19.1 Å². The fourth-order valence-corrected chi connectivity index (χ4v) is 2.31. The van der Waals surface area contributed by atoms with Gasteiger partial charge in [0.2, 0.25) is 0 Å². The number of carbonyl (C=O) groups is 1. The van der Waals surface area contributed by atoms with E-state index in [2.05, 4.69) is 28.0 Å². The molecule has 0 spiro atoms. The van der Waals surface area contributed by atoms with Gasteiger partial charge in [-0.15, -0.1) is 0 Å². The number of rotatable bonds is 4. The van der Waals surface area contributed by atoms with Gasteiger partial charge in [-0.25, -0.2) is 9.59 Å². The first kappa shape index (κ1) is 14.6. The molecule has 112 valence electrons. The van der Waals surface area contributed by atoms with Crippen LogP contribution in [0.25, 0.3) is 0 Å². The molecule has 1 aromatic rings. The molecule has 0 radical (unpaired) electrons. The zero-order valence-electron chi connectivity index (χ0n) is 11.8. The Hall–Kier alpha value is -1.76. The van der Waals surface area contributed by atoms with Gasteiger partial charge < -0.3 is 23.8 Å². The van der Waals surface area contributed by atoms with E-state index in [-0.39, 0.29) is 12.4 Å². The smallest absolute Gasteiger partial charge is 0.441 e. The number of amides is 1. The molecular weight excluding hydrogens is 264 g/mol. The van der Waals surface area contributed by atoms with Crippen LogP contribution in [-0.4, -0.2) is 36.2 Å². The third kappa shape index (κ3) is 4.12. The van der Waals surface area contributed by atoms with Crippen LogP contribution in [0.1, 0.15) is 32.4 Å². The molecule has 0 saturated carbocycles. The fraction of sp³-hybridized carbons (Fsp3) is 0.692. The summed E-state index contributed by atoms with van der Waals surface area (Å²) in [6, 6.07) is 0.680. The van der Waals surface area contributed by atoms with E-state index in [1.54, 1.807) is 4.90 Å². The Kier molecular flexibility index (Phi) is 4.84. The second kappa shape index (κ2) is 6.60. The van der Waals surface area contributed by atoms with Crippen LogP contribution in [0.3, 0.4) is 0 Å². The average Bonchev–Trinajstić information content (AvgIpc) is 2.81. The summed E-state index contributed by atoms with van der Waals surface area (Å²) in [6.07, 6.45) is 2.75. The molecule has 7 nitrogen and oxygen atoms in total. The zero-order chi connectivity index (χ0) is 14.5. The summed E-state index contributed by atoms with van der Waals surface area (Å²) in [7, 11) is 0. The highest BCUT2D eigenvalue weighted by Crippen LogP contribution is 2.12. The van der Waals surface area contributed by atoms with Crippen LogP contribution < -0.4 is 11.1 Å². The Bertz CT molecular complexity index is 493. The maximum atomic E-state index is 11.9. The maximum Gasteiger partial charge on any atom is 0.518 e. The van der Waals surface area contributed by atoms with Crippen molar-refractivity contribution in [2.24, 2.45) is 0 Å². The lowest BCUT2D eigenvalue weighted by atomic mass is 10.1. The highest BCUT2D eigenvalue weighted by Gasteiger charge is 2.25. The summed E-state index contributed by atoms with van der Waals surface area (Å²) < 4.78 is 14.2. The van der Waals surface area contributed by atoms with E-state index in [0.29, 0.717) is 25.2 Å². The maximum absolute atomic E-state index is 11.9. The van der Waals surface area contributed by atoms with Gasteiger partial charge in [0.1, 0.15) is 6.26 Å². The van der Waals surface area contributed by atoms with Gasteiger partial charge in [0.05, 0.1) is 0 Å². The molecule has 1 aliphatic rings. The molecule has 1 fully saturated rings. The minimum atomic E-state index is -0.796. The minimum absolute atomic E-state index is 0.0939. The van der Waals surface area contributed by atoms with Gasteiger partial charge in [0.15, 0.2) is 12.4 Å². The summed E-state index contributed by atoms with van der Waals surface area (Å²) in [4.78, 5) is 24.3. The fourth-order valence-electron chi connectivity index (χ4n) is 2.31. The predicted octanol–water partition coefficient (Wildman–Crippen LogP) is 1.33. The van der Waals surface area contributed by atoms with Crippen LogP contribution in [0, 0.1) is 0 Å². The largest absolute Gasteiger partial charge is 0.518 e. The number of piperidine rings is 1. The Morgan fingerprint density at radius 2 is 2.40 bits per heavy atom. The molecule has 0 aliphatic carbocycles. The van der Waals surface area contributed by atoms with E-state index in [9.17, 15) is 9.59 Å². The van der Waals surface area contributed by atoms with E-state index in [1.165, 1.54) is 0 Å². The van der Waals surface area contributed by atoms with Gasteiger partial charge in [-0.1, -0.05) is 13.8 Å². The quantitative estimate of drug-likeness (QED) is 0.898. The second-order valence-corrected chi connectivity index (χ2v) is 5.22. The van der Waals surface area contributed by atoms with Crippen molar-refractivity contribution in [2.75, 3.05) is 13.1 Å².